The number of nitrogens with zero attached hydrogens (tertiary/aromatic N) is 1. The van der Waals surface area contributed by atoms with Gasteiger partial charge in [0.15, 0.2) is 0 Å². The van der Waals surface area contributed by atoms with Crippen LogP contribution in [0.25, 0.3) is 0 Å². The number of carbonyl (C=O) groups is 4. The number of rotatable bonds is 17. The van der Waals surface area contributed by atoms with Crippen molar-refractivity contribution in [1.82, 2.24) is 25.9 Å². The van der Waals surface area contributed by atoms with Crippen LogP contribution in [0.15, 0.2) is 12.5 Å². The van der Waals surface area contributed by atoms with Crippen LogP contribution < -0.4 is 27.4 Å². The van der Waals surface area contributed by atoms with E-state index in [-0.39, 0.29) is 25.2 Å². The number of hydrogen-bond acceptors (Lipinski definition) is 8. The lowest BCUT2D eigenvalue weighted by molar-refractivity contribution is -0.142. The minimum absolute atomic E-state index is 0.107. The van der Waals surface area contributed by atoms with Crippen molar-refractivity contribution in [2.45, 2.75) is 70.1 Å². The Kier molecular flexibility index (Phi) is 14.0. The largest absolute Gasteiger partial charge is 0.480 e. The maximum atomic E-state index is 13.2. The lowest BCUT2D eigenvalue weighted by atomic mass is 10.0. The quantitative estimate of drug-likeness (QED) is 0.132. The average molecular weight is 514 g/mol. The summed E-state index contributed by atoms with van der Waals surface area (Å²) in [5, 5.41) is 17.3. The van der Waals surface area contributed by atoms with Gasteiger partial charge in [-0.1, -0.05) is 13.8 Å². The van der Waals surface area contributed by atoms with Gasteiger partial charge in [0.25, 0.3) is 0 Å². The van der Waals surface area contributed by atoms with E-state index < -0.39 is 47.9 Å². The van der Waals surface area contributed by atoms with Crippen LogP contribution in [-0.2, 0) is 25.6 Å². The highest BCUT2D eigenvalue weighted by atomic mass is 32.2. The lowest BCUT2D eigenvalue weighted by Gasteiger charge is -2.25. The van der Waals surface area contributed by atoms with Crippen molar-refractivity contribution in [1.29, 1.82) is 0 Å². The number of thioether (sulfide) groups is 1. The molecule has 1 aromatic heterocycles. The van der Waals surface area contributed by atoms with Gasteiger partial charge >= 0.3 is 5.97 Å². The zero-order valence-electron chi connectivity index (χ0n) is 20.6. The molecule has 0 fully saturated rings. The zero-order chi connectivity index (χ0) is 26.4. The van der Waals surface area contributed by atoms with Gasteiger partial charge in [0.05, 0.1) is 12.4 Å². The number of aliphatic carboxylic acids is 1. The van der Waals surface area contributed by atoms with E-state index in [1.54, 1.807) is 13.8 Å². The molecule has 1 heterocycles. The van der Waals surface area contributed by atoms with Gasteiger partial charge in [-0.05, 0) is 50.2 Å². The Labute approximate surface area is 210 Å². The molecule has 0 saturated carbocycles. The summed E-state index contributed by atoms with van der Waals surface area (Å²) in [5.41, 5.74) is 12.0. The number of nitrogens with two attached hydrogens (primary N) is 2. The minimum atomic E-state index is -1.16. The Morgan fingerprint density at radius 1 is 1.03 bits per heavy atom. The number of unbranched alkanes of at least 4 members (excludes halogenated alkanes) is 1. The van der Waals surface area contributed by atoms with E-state index in [1.807, 2.05) is 6.26 Å². The number of amides is 3. The van der Waals surface area contributed by atoms with Gasteiger partial charge < -0.3 is 37.5 Å². The molecule has 0 aromatic carbocycles. The fourth-order valence-electron chi connectivity index (χ4n) is 3.20. The summed E-state index contributed by atoms with van der Waals surface area (Å²) < 4.78 is 0. The molecule has 0 radical (unpaired) electrons. The summed E-state index contributed by atoms with van der Waals surface area (Å²) in [6.45, 7) is 4.02. The van der Waals surface area contributed by atoms with E-state index in [0.717, 1.165) is 0 Å². The van der Waals surface area contributed by atoms with Gasteiger partial charge in [0.2, 0.25) is 17.7 Å². The van der Waals surface area contributed by atoms with Crippen LogP contribution >= 0.6 is 11.8 Å². The zero-order valence-corrected chi connectivity index (χ0v) is 21.4. The van der Waals surface area contributed by atoms with E-state index in [4.69, 9.17) is 11.5 Å². The first kappa shape index (κ1) is 30.4. The van der Waals surface area contributed by atoms with Gasteiger partial charge in [-0.3, -0.25) is 14.4 Å². The van der Waals surface area contributed by atoms with E-state index in [1.165, 1.54) is 24.3 Å². The average Bonchev–Trinajstić information content (AvgIpc) is 3.32. The molecule has 0 aliphatic carbocycles. The monoisotopic (exact) mass is 513 g/mol. The van der Waals surface area contributed by atoms with Crippen LogP contribution in [0.5, 0.6) is 0 Å². The van der Waals surface area contributed by atoms with Gasteiger partial charge in [-0.15, -0.1) is 0 Å². The molecule has 4 atom stereocenters. The van der Waals surface area contributed by atoms with Crippen LogP contribution in [0.2, 0.25) is 0 Å². The molecular formula is C22H39N7O5S. The standard InChI is InChI=1S/C22H39N7O5S/c1-13(2)18(24)21(32)29-17(10-14-11-25-12-26-14)20(31)27-15(7-9-35-3)19(30)28-16(22(33)34)6-4-5-8-23/h11-13,15-18H,4-10,23-24H2,1-3H3,(H,25,26)(H,27,31)(H,28,30)(H,29,32)(H,33,34). The van der Waals surface area contributed by atoms with E-state index >= 15 is 0 Å². The molecule has 0 aliphatic rings. The van der Waals surface area contributed by atoms with Crippen LogP contribution in [-0.4, -0.2) is 81.5 Å². The molecule has 13 heteroatoms. The molecular weight excluding hydrogens is 474 g/mol. The number of carboxylic acid groups (broad SMARTS) is 1. The number of carboxylic acids is 1. The molecule has 198 valence electrons. The van der Waals surface area contributed by atoms with Crippen LogP contribution in [0.4, 0.5) is 0 Å². The van der Waals surface area contributed by atoms with Gasteiger partial charge in [-0.2, -0.15) is 11.8 Å². The number of hydrogen-bond donors (Lipinski definition) is 7. The maximum Gasteiger partial charge on any atom is 0.326 e. The lowest BCUT2D eigenvalue weighted by Crippen LogP contribution is -2.58. The van der Waals surface area contributed by atoms with Crippen LogP contribution in [0, 0.1) is 5.92 Å². The minimum Gasteiger partial charge on any atom is -0.480 e. The first-order valence-electron chi connectivity index (χ1n) is 11.7. The summed E-state index contributed by atoms with van der Waals surface area (Å²) in [4.78, 5) is 57.1. The van der Waals surface area contributed by atoms with Crippen molar-refractivity contribution in [2.24, 2.45) is 17.4 Å². The van der Waals surface area contributed by atoms with E-state index in [0.29, 0.717) is 30.8 Å². The molecule has 4 unspecified atom stereocenters. The Balaban J connectivity index is 2.99. The van der Waals surface area contributed by atoms with Crippen LogP contribution in [0.3, 0.4) is 0 Å². The van der Waals surface area contributed by atoms with Gasteiger partial charge in [0.1, 0.15) is 18.1 Å². The number of nitrogens with one attached hydrogen (secondary N) is 4. The number of aromatic amines is 1. The molecule has 0 bridgehead atoms. The number of carbonyl (C=O) groups excluding carboxylic acids is 3. The van der Waals surface area contributed by atoms with E-state index in [9.17, 15) is 24.3 Å². The third-order valence-electron chi connectivity index (χ3n) is 5.44. The molecule has 0 aliphatic heterocycles. The number of H-pyrrole nitrogens is 1. The smallest absolute Gasteiger partial charge is 0.326 e. The molecule has 0 saturated heterocycles. The number of imidazole rings is 1. The maximum absolute atomic E-state index is 13.2. The Morgan fingerprint density at radius 3 is 2.20 bits per heavy atom. The molecule has 1 rings (SSSR count). The SMILES string of the molecule is CSCCC(NC(=O)C(Cc1cnc[nH]1)NC(=O)C(N)C(C)C)C(=O)NC(CCCCN)C(=O)O. The predicted octanol–water partition coefficient (Wildman–Crippen LogP) is -0.643. The molecule has 12 nitrogen and oxygen atoms in total. The summed E-state index contributed by atoms with van der Waals surface area (Å²) in [6, 6.07) is -3.90. The molecule has 35 heavy (non-hydrogen) atoms. The summed E-state index contributed by atoms with van der Waals surface area (Å²) in [7, 11) is 0. The first-order chi connectivity index (χ1) is 16.6. The highest BCUT2D eigenvalue weighted by Gasteiger charge is 2.30. The third-order valence-corrected chi connectivity index (χ3v) is 6.08. The number of aromatic nitrogens is 2. The van der Waals surface area contributed by atoms with Crippen molar-refractivity contribution < 1.29 is 24.3 Å². The Bertz CT molecular complexity index is 806. The van der Waals surface area contributed by atoms with Gasteiger partial charge in [0, 0.05) is 18.3 Å². The predicted molar refractivity (Wildman–Crippen MR) is 134 cm³/mol. The fraction of sp³-hybridized carbons (Fsp3) is 0.682. The molecule has 0 spiro atoms. The third kappa shape index (κ3) is 11.1. The van der Waals surface area contributed by atoms with E-state index in [2.05, 4.69) is 25.9 Å². The summed E-state index contributed by atoms with van der Waals surface area (Å²) in [5.74, 6) is -2.41. The van der Waals surface area contributed by atoms with Crippen molar-refractivity contribution in [2.75, 3.05) is 18.6 Å². The first-order valence-corrected chi connectivity index (χ1v) is 13.1. The molecule has 1 aromatic rings. The summed E-state index contributed by atoms with van der Waals surface area (Å²) >= 11 is 1.49. The second-order valence-corrected chi connectivity index (χ2v) is 9.62. The topological polar surface area (TPSA) is 205 Å². The molecule has 3 amide bonds. The fourth-order valence-corrected chi connectivity index (χ4v) is 3.67. The van der Waals surface area contributed by atoms with Crippen molar-refractivity contribution in [3.8, 4) is 0 Å². The van der Waals surface area contributed by atoms with Crippen LogP contribution in [0.1, 0.15) is 45.2 Å². The Morgan fingerprint density at radius 2 is 1.66 bits per heavy atom. The normalized spacial score (nSPS) is 14.6. The Hall–Kier alpha value is -2.64. The second-order valence-electron chi connectivity index (χ2n) is 8.64. The highest BCUT2D eigenvalue weighted by Crippen LogP contribution is 2.07. The molecule has 9 N–H and O–H groups in total. The van der Waals surface area contributed by atoms with Crippen molar-refractivity contribution in [3.63, 3.8) is 0 Å². The summed E-state index contributed by atoms with van der Waals surface area (Å²) in [6.07, 6.45) is 6.65. The highest BCUT2D eigenvalue weighted by molar-refractivity contribution is 7.98. The second kappa shape index (κ2) is 16.1. The van der Waals surface area contributed by atoms with Crippen molar-refractivity contribution >= 4 is 35.5 Å². The van der Waals surface area contributed by atoms with Crippen molar-refractivity contribution in [3.05, 3.63) is 18.2 Å². The van der Waals surface area contributed by atoms with Gasteiger partial charge in [-0.25, -0.2) is 9.78 Å².